The Labute approximate surface area is 195 Å². The first-order valence-corrected chi connectivity index (χ1v) is 10.9. The van der Waals surface area contributed by atoms with Gasteiger partial charge in [0.15, 0.2) is 6.10 Å². The molecular weight excluding hydrogens is 438 g/mol. The van der Waals surface area contributed by atoms with Gasteiger partial charge in [0.2, 0.25) is 0 Å². The molecular formula is C26H20ClN3O3. The highest BCUT2D eigenvalue weighted by molar-refractivity contribution is 6.30. The Balaban J connectivity index is 1.64. The van der Waals surface area contributed by atoms with E-state index in [9.17, 15) is 9.59 Å². The second-order valence-electron chi connectivity index (χ2n) is 7.68. The summed E-state index contributed by atoms with van der Waals surface area (Å²) in [5.41, 5.74) is 3.34. The van der Waals surface area contributed by atoms with Crippen molar-refractivity contribution in [3.05, 3.63) is 89.4 Å². The summed E-state index contributed by atoms with van der Waals surface area (Å²) in [6.45, 7) is 0.0997. The molecule has 0 fully saturated rings. The monoisotopic (exact) mass is 457 g/mol. The van der Waals surface area contributed by atoms with Crippen LogP contribution in [0.2, 0.25) is 5.02 Å². The molecule has 0 radical (unpaired) electrons. The summed E-state index contributed by atoms with van der Waals surface area (Å²) in [5, 5.41) is 3.97. The number of hydrogen-bond donors (Lipinski definition) is 1. The van der Waals surface area contributed by atoms with Gasteiger partial charge in [0, 0.05) is 23.0 Å². The number of aromatic nitrogens is 1. The van der Waals surface area contributed by atoms with Gasteiger partial charge in [0.05, 0.1) is 29.0 Å². The van der Waals surface area contributed by atoms with E-state index in [1.165, 1.54) is 0 Å². The molecule has 1 aliphatic heterocycles. The fourth-order valence-corrected chi connectivity index (χ4v) is 4.12. The average Bonchev–Trinajstić information content (AvgIpc) is 2.87. The Hall–Kier alpha value is -3.90. The second kappa shape index (κ2) is 8.56. The molecule has 0 saturated carbocycles. The zero-order valence-electron chi connectivity index (χ0n) is 17.8. The topological polar surface area (TPSA) is 71.5 Å². The third-order valence-electron chi connectivity index (χ3n) is 5.64. The zero-order valence-corrected chi connectivity index (χ0v) is 18.5. The first-order chi connectivity index (χ1) is 16.0. The van der Waals surface area contributed by atoms with E-state index in [1.54, 1.807) is 36.2 Å². The number of hydrogen-bond acceptors (Lipinski definition) is 4. The number of fused-ring (bicyclic) bond motifs is 2. The molecule has 2 amide bonds. The number of carbonyl (C=O) groups excluding carboxylic acids is 2. The molecule has 5 rings (SSSR count). The van der Waals surface area contributed by atoms with Crippen molar-refractivity contribution in [2.24, 2.45) is 0 Å². The highest BCUT2D eigenvalue weighted by Crippen LogP contribution is 2.35. The van der Waals surface area contributed by atoms with Gasteiger partial charge in [0.1, 0.15) is 5.75 Å². The molecule has 0 aliphatic carbocycles. The number of halogens is 1. The number of pyridine rings is 1. The molecule has 164 valence electrons. The summed E-state index contributed by atoms with van der Waals surface area (Å²) in [5.74, 6) is -0.0285. The van der Waals surface area contributed by atoms with Crippen molar-refractivity contribution in [3.63, 3.8) is 0 Å². The van der Waals surface area contributed by atoms with Crippen molar-refractivity contribution in [3.8, 4) is 17.0 Å². The van der Waals surface area contributed by atoms with Gasteiger partial charge in [-0.2, -0.15) is 0 Å². The lowest BCUT2D eigenvalue weighted by Crippen LogP contribution is -2.50. The number of carbonyl (C=O) groups is 2. The van der Waals surface area contributed by atoms with Gasteiger partial charge in [-0.25, -0.2) is 4.98 Å². The summed E-state index contributed by atoms with van der Waals surface area (Å²) in [6, 6.07) is 23.9. The molecule has 33 heavy (non-hydrogen) atoms. The van der Waals surface area contributed by atoms with Crippen LogP contribution >= 0.6 is 11.6 Å². The van der Waals surface area contributed by atoms with Crippen molar-refractivity contribution >= 4 is 40.0 Å². The number of ether oxygens (including phenoxy) is 1. The number of anilines is 1. The van der Waals surface area contributed by atoms with Crippen LogP contribution in [0.4, 0.5) is 5.69 Å². The molecule has 2 heterocycles. The SMILES string of the molecule is CNC(=O)[C@@H]1CN(C(=O)c2cc(-c3ccc(Cl)cc3)nc3ccccc23)c2ccccc2O1. The number of amides is 2. The average molecular weight is 458 g/mol. The molecule has 1 aliphatic rings. The fraction of sp³-hybridized carbons (Fsp3) is 0.115. The summed E-state index contributed by atoms with van der Waals surface area (Å²) < 4.78 is 5.86. The summed E-state index contributed by atoms with van der Waals surface area (Å²) in [7, 11) is 1.55. The van der Waals surface area contributed by atoms with E-state index in [4.69, 9.17) is 21.3 Å². The van der Waals surface area contributed by atoms with Crippen molar-refractivity contribution in [2.75, 3.05) is 18.5 Å². The summed E-state index contributed by atoms with van der Waals surface area (Å²) in [6.07, 6.45) is -0.808. The van der Waals surface area contributed by atoms with Crippen LogP contribution in [-0.2, 0) is 4.79 Å². The maximum atomic E-state index is 14.0. The van der Waals surface area contributed by atoms with Crippen LogP contribution in [0.1, 0.15) is 10.4 Å². The van der Waals surface area contributed by atoms with E-state index in [0.717, 1.165) is 10.9 Å². The Morgan fingerprint density at radius 3 is 2.55 bits per heavy atom. The number of benzene rings is 3. The van der Waals surface area contributed by atoms with Gasteiger partial charge in [-0.15, -0.1) is 0 Å². The van der Waals surface area contributed by atoms with Crippen molar-refractivity contribution in [2.45, 2.75) is 6.10 Å². The molecule has 7 heteroatoms. The van der Waals surface area contributed by atoms with E-state index in [-0.39, 0.29) is 18.4 Å². The molecule has 0 bridgehead atoms. The van der Waals surface area contributed by atoms with E-state index in [0.29, 0.717) is 33.2 Å². The number of rotatable bonds is 3. The molecule has 0 unspecified atom stereocenters. The van der Waals surface area contributed by atoms with Crippen molar-refractivity contribution in [1.29, 1.82) is 0 Å². The van der Waals surface area contributed by atoms with Crippen LogP contribution in [0.15, 0.2) is 78.9 Å². The van der Waals surface area contributed by atoms with Crippen LogP contribution in [-0.4, -0.2) is 36.5 Å². The minimum atomic E-state index is -0.808. The quantitative estimate of drug-likeness (QED) is 0.483. The first kappa shape index (κ1) is 21.0. The molecule has 4 aromatic rings. The molecule has 0 saturated heterocycles. The smallest absolute Gasteiger partial charge is 0.262 e. The van der Waals surface area contributed by atoms with Gasteiger partial charge >= 0.3 is 0 Å². The van der Waals surface area contributed by atoms with E-state index < -0.39 is 6.10 Å². The van der Waals surface area contributed by atoms with Crippen LogP contribution in [0.3, 0.4) is 0 Å². The van der Waals surface area contributed by atoms with E-state index >= 15 is 0 Å². The predicted octanol–water partition coefficient (Wildman–Crippen LogP) is 4.71. The normalized spacial score (nSPS) is 15.0. The van der Waals surface area contributed by atoms with Gasteiger partial charge in [0.25, 0.3) is 11.8 Å². The largest absolute Gasteiger partial charge is 0.477 e. The Kier molecular flexibility index (Phi) is 5.44. The van der Waals surface area contributed by atoms with Crippen molar-refractivity contribution < 1.29 is 14.3 Å². The highest BCUT2D eigenvalue weighted by atomic mass is 35.5. The maximum absolute atomic E-state index is 14.0. The van der Waals surface area contributed by atoms with Gasteiger partial charge in [-0.3, -0.25) is 9.59 Å². The lowest BCUT2D eigenvalue weighted by Gasteiger charge is -2.34. The van der Waals surface area contributed by atoms with Gasteiger partial charge < -0.3 is 15.0 Å². The standard InChI is InChI=1S/C26H20ClN3O3/c1-28-25(31)24-15-30(22-8-4-5-9-23(22)33-24)26(32)19-14-21(16-10-12-17(27)13-11-16)29-20-7-3-2-6-18(19)20/h2-14,24H,15H2,1H3,(H,28,31)/t24-/m0/s1. The minimum Gasteiger partial charge on any atom is -0.477 e. The van der Waals surface area contributed by atoms with E-state index in [1.807, 2.05) is 54.6 Å². The molecule has 1 aromatic heterocycles. The Morgan fingerprint density at radius 2 is 1.76 bits per heavy atom. The zero-order chi connectivity index (χ0) is 22.9. The molecule has 0 spiro atoms. The highest BCUT2D eigenvalue weighted by Gasteiger charge is 2.34. The predicted molar refractivity (Wildman–Crippen MR) is 129 cm³/mol. The third-order valence-corrected chi connectivity index (χ3v) is 5.90. The Morgan fingerprint density at radius 1 is 1.03 bits per heavy atom. The Bertz CT molecular complexity index is 1370. The molecule has 1 N–H and O–H groups in total. The third kappa shape index (κ3) is 3.90. The number of nitrogens with zero attached hydrogens (tertiary/aromatic N) is 2. The van der Waals surface area contributed by atoms with Gasteiger partial charge in [-0.05, 0) is 36.4 Å². The maximum Gasteiger partial charge on any atom is 0.262 e. The van der Waals surface area contributed by atoms with Crippen LogP contribution in [0.25, 0.3) is 22.2 Å². The second-order valence-corrected chi connectivity index (χ2v) is 8.12. The van der Waals surface area contributed by atoms with Crippen LogP contribution in [0, 0.1) is 0 Å². The van der Waals surface area contributed by atoms with E-state index in [2.05, 4.69) is 5.32 Å². The lowest BCUT2D eigenvalue weighted by molar-refractivity contribution is -0.127. The van der Waals surface area contributed by atoms with Crippen LogP contribution < -0.4 is 15.0 Å². The summed E-state index contributed by atoms with van der Waals surface area (Å²) in [4.78, 5) is 32.7. The summed E-state index contributed by atoms with van der Waals surface area (Å²) >= 11 is 6.05. The fourth-order valence-electron chi connectivity index (χ4n) is 3.99. The minimum absolute atomic E-state index is 0.0997. The molecule has 6 nitrogen and oxygen atoms in total. The number of para-hydroxylation sites is 3. The van der Waals surface area contributed by atoms with Gasteiger partial charge in [-0.1, -0.05) is 54.1 Å². The first-order valence-electron chi connectivity index (χ1n) is 10.5. The number of nitrogens with one attached hydrogen (secondary N) is 1. The lowest BCUT2D eigenvalue weighted by atomic mass is 10.0. The number of likely N-dealkylation sites (N-methyl/N-ethyl adjacent to an activating group) is 1. The van der Waals surface area contributed by atoms with Crippen LogP contribution in [0.5, 0.6) is 5.75 Å². The van der Waals surface area contributed by atoms with Crippen molar-refractivity contribution in [1.82, 2.24) is 10.3 Å². The molecule has 1 atom stereocenters. The molecule has 3 aromatic carbocycles.